The normalized spacial score (nSPS) is 25.5. The fourth-order valence-corrected chi connectivity index (χ4v) is 4.82. The summed E-state index contributed by atoms with van der Waals surface area (Å²) in [6, 6.07) is 3.12. The molecule has 1 aromatic rings. The average molecular weight is 573 g/mol. The molecule has 1 fully saturated rings. The third-order valence-corrected chi connectivity index (χ3v) is 7.21. The summed E-state index contributed by atoms with van der Waals surface area (Å²) in [5, 5.41) is 13.6. The Morgan fingerprint density at radius 3 is 2.39 bits per heavy atom. The van der Waals surface area contributed by atoms with Crippen molar-refractivity contribution in [1.29, 1.82) is 0 Å². The minimum absolute atomic E-state index is 0.0612. The van der Waals surface area contributed by atoms with E-state index >= 15 is 0 Å². The van der Waals surface area contributed by atoms with Crippen molar-refractivity contribution >= 4 is 29.5 Å². The van der Waals surface area contributed by atoms with Crippen LogP contribution in [0.3, 0.4) is 0 Å². The molecule has 4 atom stereocenters. The standard InChI is InChI=1S/C29H44N6O6/c1-18(2)25-29(40)31-19(3)17-41-23-11-7-6-10-21(23)27(38)33-22(16-24(36)32-20(4)26(37)34-25)28(39)30-12-15-35-13-8-5-9-14-35/h6-7,10-11,18-20,22,25H,5,8-9,12-17H2,1-4H3,(H,30,39)(H,31,40)(H,32,36)(H,33,38)(H,34,37)/t19-,20-,22-,25+/m0/s1. The molecule has 5 amide bonds. The molecule has 226 valence electrons. The van der Waals surface area contributed by atoms with Crippen LogP contribution in [0.15, 0.2) is 24.3 Å². The van der Waals surface area contributed by atoms with Gasteiger partial charge in [0.15, 0.2) is 0 Å². The van der Waals surface area contributed by atoms with Gasteiger partial charge in [0.25, 0.3) is 5.91 Å². The molecule has 5 N–H and O–H groups in total. The Morgan fingerprint density at radius 1 is 0.976 bits per heavy atom. The minimum Gasteiger partial charge on any atom is -0.491 e. The van der Waals surface area contributed by atoms with E-state index in [-0.39, 0.29) is 36.2 Å². The molecule has 0 aliphatic carbocycles. The van der Waals surface area contributed by atoms with Crippen LogP contribution in [-0.2, 0) is 19.2 Å². The Labute approximate surface area is 241 Å². The number of hydrogen-bond donors (Lipinski definition) is 5. The van der Waals surface area contributed by atoms with E-state index in [4.69, 9.17) is 4.74 Å². The van der Waals surface area contributed by atoms with Crippen molar-refractivity contribution in [1.82, 2.24) is 31.5 Å². The molecular weight excluding hydrogens is 528 g/mol. The van der Waals surface area contributed by atoms with Gasteiger partial charge in [-0.3, -0.25) is 24.0 Å². The van der Waals surface area contributed by atoms with Crippen LogP contribution >= 0.6 is 0 Å². The second-order valence-corrected chi connectivity index (χ2v) is 11.2. The van der Waals surface area contributed by atoms with Gasteiger partial charge in [0, 0.05) is 13.1 Å². The molecule has 2 heterocycles. The molecule has 12 nitrogen and oxygen atoms in total. The van der Waals surface area contributed by atoms with Crippen LogP contribution in [0.5, 0.6) is 5.75 Å². The predicted molar refractivity (Wildman–Crippen MR) is 153 cm³/mol. The Hall–Kier alpha value is -3.67. The summed E-state index contributed by atoms with van der Waals surface area (Å²) in [7, 11) is 0. The third kappa shape index (κ3) is 9.73. The van der Waals surface area contributed by atoms with Crippen LogP contribution in [0.1, 0.15) is 63.7 Å². The number of rotatable bonds is 5. The van der Waals surface area contributed by atoms with Crippen LogP contribution in [0.2, 0.25) is 0 Å². The van der Waals surface area contributed by atoms with E-state index in [1.807, 2.05) is 0 Å². The summed E-state index contributed by atoms with van der Waals surface area (Å²) in [6.45, 7) is 9.93. The van der Waals surface area contributed by atoms with Crippen molar-refractivity contribution in [3.8, 4) is 5.75 Å². The number of fused-ring (bicyclic) bond motifs is 1. The number of likely N-dealkylation sites (tertiary alicyclic amines) is 1. The number of carbonyl (C=O) groups is 5. The molecule has 0 unspecified atom stereocenters. The lowest BCUT2D eigenvalue weighted by molar-refractivity contribution is -0.133. The first-order valence-corrected chi connectivity index (χ1v) is 14.5. The summed E-state index contributed by atoms with van der Waals surface area (Å²) in [6.07, 6.45) is 3.08. The van der Waals surface area contributed by atoms with E-state index in [0.29, 0.717) is 13.1 Å². The zero-order valence-corrected chi connectivity index (χ0v) is 24.5. The van der Waals surface area contributed by atoms with Gasteiger partial charge in [-0.15, -0.1) is 0 Å². The Morgan fingerprint density at radius 2 is 1.68 bits per heavy atom. The monoisotopic (exact) mass is 572 g/mol. The van der Waals surface area contributed by atoms with Gasteiger partial charge in [0.05, 0.1) is 18.0 Å². The van der Waals surface area contributed by atoms with E-state index in [1.165, 1.54) is 13.3 Å². The summed E-state index contributed by atoms with van der Waals surface area (Å²) in [5.41, 5.74) is 0.187. The average Bonchev–Trinajstić information content (AvgIpc) is 2.94. The highest BCUT2D eigenvalue weighted by atomic mass is 16.5. The van der Waals surface area contributed by atoms with Gasteiger partial charge < -0.3 is 36.2 Å². The Bertz CT molecular complexity index is 1090. The summed E-state index contributed by atoms with van der Waals surface area (Å²) >= 11 is 0. The lowest BCUT2D eigenvalue weighted by Gasteiger charge is -2.27. The van der Waals surface area contributed by atoms with Crippen LogP contribution < -0.4 is 31.3 Å². The molecule has 1 saturated heterocycles. The molecule has 2 aliphatic heterocycles. The number of benzene rings is 1. The molecule has 0 aromatic heterocycles. The summed E-state index contributed by atoms with van der Waals surface area (Å²) < 4.78 is 5.88. The van der Waals surface area contributed by atoms with Gasteiger partial charge in [-0.1, -0.05) is 32.4 Å². The van der Waals surface area contributed by atoms with Crippen molar-refractivity contribution in [2.45, 2.75) is 77.5 Å². The zero-order valence-electron chi connectivity index (χ0n) is 24.5. The highest BCUT2D eigenvalue weighted by molar-refractivity contribution is 6.01. The number of hydrogen-bond acceptors (Lipinski definition) is 7. The first-order valence-electron chi connectivity index (χ1n) is 14.5. The Kier molecular flexibility index (Phi) is 11.9. The van der Waals surface area contributed by atoms with Gasteiger partial charge in [-0.25, -0.2) is 0 Å². The van der Waals surface area contributed by atoms with E-state index < -0.39 is 47.8 Å². The number of nitrogens with one attached hydrogen (secondary N) is 5. The number of amides is 5. The smallest absolute Gasteiger partial charge is 0.255 e. The molecule has 0 bridgehead atoms. The van der Waals surface area contributed by atoms with E-state index in [1.54, 1.807) is 45.0 Å². The first kappa shape index (κ1) is 31.9. The van der Waals surface area contributed by atoms with Crippen molar-refractivity contribution in [2.24, 2.45) is 5.92 Å². The third-order valence-electron chi connectivity index (χ3n) is 7.21. The second-order valence-electron chi connectivity index (χ2n) is 11.2. The molecule has 1 aromatic carbocycles. The van der Waals surface area contributed by atoms with Crippen molar-refractivity contribution in [2.75, 3.05) is 32.8 Å². The van der Waals surface area contributed by atoms with Crippen molar-refractivity contribution < 1.29 is 28.7 Å². The van der Waals surface area contributed by atoms with Gasteiger partial charge in [-0.2, -0.15) is 0 Å². The van der Waals surface area contributed by atoms with E-state index in [0.717, 1.165) is 25.9 Å². The number of para-hydroxylation sites is 1. The number of piperidine rings is 1. The SMILES string of the molecule is CC(C)[C@H]1NC(=O)[C@H](C)NC(=O)C[C@@H](C(=O)NCCN2CCCCC2)NC(=O)c2ccccc2OC[C@H](C)NC1=O. The van der Waals surface area contributed by atoms with Gasteiger partial charge in [0.1, 0.15) is 30.5 Å². The quantitative estimate of drug-likeness (QED) is 0.340. The summed E-state index contributed by atoms with van der Waals surface area (Å²) in [4.78, 5) is 67.6. The maximum atomic E-state index is 13.3. The highest BCUT2D eigenvalue weighted by Crippen LogP contribution is 2.19. The topological polar surface area (TPSA) is 158 Å². The Balaban J connectivity index is 1.81. The second kappa shape index (κ2) is 15.4. The predicted octanol–water partition coefficient (Wildman–Crippen LogP) is 0.320. The molecule has 0 radical (unpaired) electrons. The van der Waals surface area contributed by atoms with Crippen LogP contribution in [0.25, 0.3) is 0 Å². The highest BCUT2D eigenvalue weighted by Gasteiger charge is 2.30. The zero-order chi connectivity index (χ0) is 29.9. The fraction of sp³-hybridized carbons (Fsp3) is 0.621. The van der Waals surface area contributed by atoms with Crippen LogP contribution in [0.4, 0.5) is 0 Å². The molecule has 0 saturated carbocycles. The van der Waals surface area contributed by atoms with Crippen LogP contribution in [-0.4, -0.2) is 91.4 Å². The largest absolute Gasteiger partial charge is 0.491 e. The van der Waals surface area contributed by atoms with Crippen molar-refractivity contribution in [3.05, 3.63) is 29.8 Å². The van der Waals surface area contributed by atoms with Gasteiger partial charge in [-0.05, 0) is 57.8 Å². The first-order chi connectivity index (χ1) is 19.5. The molecule has 41 heavy (non-hydrogen) atoms. The summed E-state index contributed by atoms with van der Waals surface area (Å²) in [5.74, 6) is -2.57. The van der Waals surface area contributed by atoms with Crippen molar-refractivity contribution in [3.63, 3.8) is 0 Å². The maximum absolute atomic E-state index is 13.3. The minimum atomic E-state index is -1.19. The fourth-order valence-electron chi connectivity index (χ4n) is 4.82. The lowest BCUT2D eigenvalue weighted by atomic mass is 10.0. The van der Waals surface area contributed by atoms with Gasteiger partial charge in [0.2, 0.25) is 23.6 Å². The maximum Gasteiger partial charge on any atom is 0.255 e. The lowest BCUT2D eigenvalue weighted by Crippen LogP contribution is -2.56. The number of nitrogens with zero attached hydrogens (tertiary/aromatic N) is 1. The van der Waals surface area contributed by atoms with E-state index in [9.17, 15) is 24.0 Å². The molecule has 12 heteroatoms. The molecule has 3 rings (SSSR count). The molecular formula is C29H44N6O6. The molecule has 0 spiro atoms. The molecule has 2 aliphatic rings. The van der Waals surface area contributed by atoms with E-state index in [2.05, 4.69) is 31.5 Å². The number of ether oxygens (including phenoxy) is 1. The number of carbonyl (C=O) groups excluding carboxylic acids is 5. The van der Waals surface area contributed by atoms with Crippen LogP contribution in [0, 0.1) is 5.92 Å². The van der Waals surface area contributed by atoms with Gasteiger partial charge >= 0.3 is 0 Å².